The van der Waals surface area contributed by atoms with Gasteiger partial charge in [-0.3, -0.25) is 4.99 Å². The van der Waals surface area contributed by atoms with E-state index in [1.165, 1.54) is 24.0 Å². The number of aliphatic imine (C=N–C) groups is 1. The van der Waals surface area contributed by atoms with Crippen LogP contribution in [0, 0.1) is 0 Å². The number of fused-ring (bicyclic) bond motifs is 1. The Morgan fingerprint density at radius 1 is 1.33 bits per heavy atom. The van der Waals surface area contributed by atoms with Crippen molar-refractivity contribution >= 4 is 5.96 Å². The largest absolute Gasteiger partial charge is 0.508 e. The SMILES string of the molecule is CN=C(NC)NCc1c(O)ccc2c1CCCC2. The van der Waals surface area contributed by atoms with Crippen LogP contribution in [0.3, 0.4) is 0 Å². The van der Waals surface area contributed by atoms with Crippen molar-refractivity contribution in [3.05, 3.63) is 28.8 Å². The van der Waals surface area contributed by atoms with E-state index in [-0.39, 0.29) is 0 Å². The molecule has 2 rings (SSSR count). The number of guanidine groups is 1. The molecule has 4 nitrogen and oxygen atoms in total. The molecule has 1 aromatic carbocycles. The van der Waals surface area contributed by atoms with Crippen LogP contribution in [0.4, 0.5) is 0 Å². The molecule has 1 aliphatic carbocycles. The van der Waals surface area contributed by atoms with Crippen LogP contribution < -0.4 is 10.6 Å². The molecule has 0 unspecified atom stereocenters. The number of phenols is 1. The Bertz CT molecular complexity index is 455. The number of nitrogens with one attached hydrogen (secondary N) is 2. The van der Waals surface area contributed by atoms with Crippen molar-refractivity contribution in [1.82, 2.24) is 10.6 Å². The molecule has 0 saturated carbocycles. The summed E-state index contributed by atoms with van der Waals surface area (Å²) in [6.07, 6.45) is 4.66. The van der Waals surface area contributed by atoms with Gasteiger partial charge in [0.1, 0.15) is 5.75 Å². The van der Waals surface area contributed by atoms with E-state index in [1.54, 1.807) is 7.05 Å². The highest BCUT2D eigenvalue weighted by atomic mass is 16.3. The fraction of sp³-hybridized carbons (Fsp3) is 0.500. The highest BCUT2D eigenvalue weighted by Gasteiger charge is 2.16. The number of hydrogen-bond donors (Lipinski definition) is 3. The molecule has 0 saturated heterocycles. The van der Waals surface area contributed by atoms with E-state index in [9.17, 15) is 5.11 Å². The molecule has 0 atom stereocenters. The third kappa shape index (κ3) is 2.58. The van der Waals surface area contributed by atoms with E-state index in [1.807, 2.05) is 13.1 Å². The van der Waals surface area contributed by atoms with E-state index in [2.05, 4.69) is 21.7 Å². The predicted octanol–water partition coefficient (Wildman–Crippen LogP) is 1.57. The number of hydrogen-bond acceptors (Lipinski definition) is 2. The maximum absolute atomic E-state index is 10.0. The quantitative estimate of drug-likeness (QED) is 0.549. The monoisotopic (exact) mass is 247 g/mol. The van der Waals surface area contributed by atoms with Crippen molar-refractivity contribution in [3.63, 3.8) is 0 Å². The predicted molar refractivity (Wildman–Crippen MR) is 74.0 cm³/mol. The summed E-state index contributed by atoms with van der Waals surface area (Å²) in [7, 11) is 3.56. The molecule has 0 aromatic heterocycles. The number of aromatic hydroxyl groups is 1. The number of phenolic OH excluding ortho intramolecular Hbond substituents is 1. The lowest BCUT2D eigenvalue weighted by atomic mass is 9.88. The molecule has 1 aliphatic rings. The van der Waals surface area contributed by atoms with E-state index < -0.39 is 0 Å². The second-order valence-electron chi connectivity index (χ2n) is 4.58. The van der Waals surface area contributed by atoms with Crippen LogP contribution in [0.2, 0.25) is 0 Å². The Morgan fingerprint density at radius 3 is 2.83 bits per heavy atom. The zero-order valence-electron chi connectivity index (χ0n) is 11.1. The highest BCUT2D eigenvalue weighted by molar-refractivity contribution is 5.79. The first-order valence-electron chi connectivity index (χ1n) is 6.47. The summed E-state index contributed by atoms with van der Waals surface area (Å²) in [6, 6.07) is 3.86. The Balaban J connectivity index is 2.21. The first-order chi connectivity index (χ1) is 8.76. The second kappa shape index (κ2) is 5.76. The van der Waals surface area contributed by atoms with Crippen LogP contribution in [0.15, 0.2) is 17.1 Å². The molecule has 0 fully saturated rings. The highest BCUT2D eigenvalue weighted by Crippen LogP contribution is 2.30. The standard InChI is InChI=1S/C14H21N3O/c1-15-14(16-2)17-9-12-11-6-4-3-5-10(11)7-8-13(12)18/h7-8,18H,3-6,9H2,1-2H3,(H2,15,16,17). The molecule has 0 amide bonds. The van der Waals surface area contributed by atoms with E-state index in [4.69, 9.17) is 0 Å². The lowest BCUT2D eigenvalue weighted by Crippen LogP contribution is -2.34. The van der Waals surface area contributed by atoms with Gasteiger partial charge in [0.2, 0.25) is 0 Å². The average Bonchev–Trinajstić information content (AvgIpc) is 2.42. The van der Waals surface area contributed by atoms with Crippen LogP contribution in [-0.2, 0) is 19.4 Å². The van der Waals surface area contributed by atoms with Crippen molar-refractivity contribution < 1.29 is 5.11 Å². The summed E-state index contributed by atoms with van der Waals surface area (Å²) in [5.74, 6) is 1.12. The van der Waals surface area contributed by atoms with Crippen LogP contribution in [-0.4, -0.2) is 25.2 Å². The minimum Gasteiger partial charge on any atom is -0.508 e. The second-order valence-corrected chi connectivity index (χ2v) is 4.58. The van der Waals surface area contributed by atoms with Gasteiger partial charge in [-0.2, -0.15) is 0 Å². The Kier molecular flexibility index (Phi) is 4.07. The molecular formula is C14H21N3O. The van der Waals surface area contributed by atoms with Gasteiger partial charge in [0.15, 0.2) is 5.96 Å². The Labute approximate surface area is 108 Å². The normalized spacial score (nSPS) is 15.1. The molecule has 18 heavy (non-hydrogen) atoms. The first-order valence-corrected chi connectivity index (χ1v) is 6.47. The summed E-state index contributed by atoms with van der Waals surface area (Å²) < 4.78 is 0. The van der Waals surface area contributed by atoms with Crippen LogP contribution in [0.5, 0.6) is 5.75 Å². The number of benzene rings is 1. The van der Waals surface area contributed by atoms with Gasteiger partial charge in [-0.15, -0.1) is 0 Å². The molecule has 0 heterocycles. The number of nitrogens with zero attached hydrogens (tertiary/aromatic N) is 1. The Morgan fingerprint density at radius 2 is 2.11 bits per heavy atom. The van der Waals surface area contributed by atoms with E-state index in [0.29, 0.717) is 12.3 Å². The molecule has 98 valence electrons. The maximum atomic E-state index is 10.0. The molecule has 4 heteroatoms. The van der Waals surface area contributed by atoms with Crippen molar-refractivity contribution in [1.29, 1.82) is 0 Å². The fourth-order valence-electron chi connectivity index (χ4n) is 2.54. The van der Waals surface area contributed by atoms with Crippen LogP contribution in [0.1, 0.15) is 29.5 Å². The van der Waals surface area contributed by atoms with Crippen LogP contribution in [0.25, 0.3) is 0 Å². The average molecular weight is 247 g/mol. The molecular weight excluding hydrogens is 226 g/mol. The van der Waals surface area contributed by atoms with Gasteiger partial charge in [-0.05, 0) is 42.9 Å². The maximum Gasteiger partial charge on any atom is 0.190 e. The summed E-state index contributed by atoms with van der Waals surface area (Å²) >= 11 is 0. The Hall–Kier alpha value is -1.71. The van der Waals surface area contributed by atoms with E-state index >= 15 is 0 Å². The minimum absolute atomic E-state index is 0.384. The topological polar surface area (TPSA) is 56.7 Å². The van der Waals surface area contributed by atoms with Crippen molar-refractivity contribution in [2.45, 2.75) is 32.2 Å². The van der Waals surface area contributed by atoms with Gasteiger partial charge in [0.05, 0.1) is 0 Å². The third-order valence-corrected chi connectivity index (χ3v) is 3.52. The van der Waals surface area contributed by atoms with Crippen molar-refractivity contribution in [2.24, 2.45) is 4.99 Å². The summed E-state index contributed by atoms with van der Waals surface area (Å²) in [6.45, 7) is 0.614. The molecule has 3 N–H and O–H groups in total. The van der Waals surface area contributed by atoms with Gasteiger partial charge in [0.25, 0.3) is 0 Å². The molecule has 0 aliphatic heterocycles. The van der Waals surface area contributed by atoms with Crippen LogP contribution >= 0.6 is 0 Å². The molecule has 1 aromatic rings. The molecule has 0 radical (unpaired) electrons. The fourth-order valence-corrected chi connectivity index (χ4v) is 2.54. The summed E-state index contributed by atoms with van der Waals surface area (Å²) in [5, 5.41) is 16.2. The van der Waals surface area contributed by atoms with Crippen molar-refractivity contribution in [3.8, 4) is 5.75 Å². The van der Waals surface area contributed by atoms with Gasteiger partial charge >= 0.3 is 0 Å². The first kappa shape index (κ1) is 12.7. The lowest BCUT2D eigenvalue weighted by Gasteiger charge is -2.21. The zero-order valence-corrected chi connectivity index (χ0v) is 11.1. The zero-order chi connectivity index (χ0) is 13.0. The third-order valence-electron chi connectivity index (χ3n) is 3.52. The van der Waals surface area contributed by atoms with Gasteiger partial charge in [-0.1, -0.05) is 6.07 Å². The smallest absolute Gasteiger partial charge is 0.190 e. The van der Waals surface area contributed by atoms with Gasteiger partial charge < -0.3 is 15.7 Å². The molecule has 0 spiro atoms. The molecule has 0 bridgehead atoms. The lowest BCUT2D eigenvalue weighted by molar-refractivity contribution is 0.464. The summed E-state index contributed by atoms with van der Waals surface area (Å²) in [4.78, 5) is 4.08. The van der Waals surface area contributed by atoms with Gasteiger partial charge in [-0.25, -0.2) is 0 Å². The number of aryl methyl sites for hydroxylation is 1. The van der Waals surface area contributed by atoms with Crippen molar-refractivity contribution in [2.75, 3.05) is 14.1 Å². The van der Waals surface area contributed by atoms with Gasteiger partial charge in [0, 0.05) is 26.2 Å². The van der Waals surface area contributed by atoms with E-state index in [0.717, 1.165) is 24.4 Å². The minimum atomic E-state index is 0.384. The number of rotatable bonds is 2. The summed E-state index contributed by atoms with van der Waals surface area (Å²) in [5.41, 5.74) is 3.72.